The predicted molar refractivity (Wildman–Crippen MR) is 113 cm³/mol. The van der Waals surface area contributed by atoms with Crippen LogP contribution < -0.4 is 10.6 Å². The maximum absolute atomic E-state index is 12.9. The lowest BCUT2D eigenvalue weighted by Gasteiger charge is -2.46. The van der Waals surface area contributed by atoms with Gasteiger partial charge in [-0.2, -0.15) is 0 Å². The number of nitrogens with zero attached hydrogens (tertiary/aromatic N) is 2. The first-order valence-corrected chi connectivity index (χ1v) is 11.6. The number of piperazine rings is 1. The van der Waals surface area contributed by atoms with E-state index in [2.05, 4.69) is 10.6 Å². The molecule has 172 valence electrons. The summed E-state index contributed by atoms with van der Waals surface area (Å²) >= 11 is 1.43. The van der Waals surface area contributed by atoms with Gasteiger partial charge in [-0.25, -0.2) is 4.79 Å². The number of carbonyl (C=O) groups excluding carboxylic acids is 2. The smallest absolute Gasteiger partial charge is 0.353 e. The van der Waals surface area contributed by atoms with Crippen LogP contribution in [-0.2, 0) is 14.4 Å². The topological polar surface area (TPSA) is 142 Å². The molecule has 5 N–H and O–H groups in total. The molecule has 0 spiro atoms. The molecule has 0 radical (unpaired) electrons. The van der Waals surface area contributed by atoms with Gasteiger partial charge >= 0.3 is 5.97 Å². The van der Waals surface area contributed by atoms with Crippen molar-refractivity contribution in [2.45, 2.75) is 49.7 Å². The Morgan fingerprint density at radius 1 is 1.32 bits per heavy atom. The van der Waals surface area contributed by atoms with Crippen LogP contribution in [0.4, 0.5) is 0 Å². The van der Waals surface area contributed by atoms with Gasteiger partial charge in [-0.3, -0.25) is 9.59 Å². The normalized spacial score (nSPS) is 36.5. The maximum atomic E-state index is 12.9. The zero-order chi connectivity index (χ0) is 22.4. The highest BCUT2D eigenvalue weighted by molar-refractivity contribution is 8.03. The molecule has 0 aromatic rings. The Bertz CT molecular complexity index is 805. The summed E-state index contributed by atoms with van der Waals surface area (Å²) in [5, 5.41) is 35.5. The number of aliphatic hydroxyl groups excluding tert-OH is 2. The summed E-state index contributed by atoms with van der Waals surface area (Å²) < 4.78 is 0. The van der Waals surface area contributed by atoms with E-state index in [1.54, 1.807) is 11.8 Å². The number of thioether (sulfide) groups is 1. The van der Waals surface area contributed by atoms with Crippen LogP contribution in [0.5, 0.6) is 0 Å². The molecule has 7 atom stereocenters. The van der Waals surface area contributed by atoms with E-state index in [0.29, 0.717) is 37.5 Å². The second kappa shape index (κ2) is 8.70. The molecule has 0 saturated carbocycles. The molecule has 0 aromatic carbocycles. The third kappa shape index (κ3) is 3.86. The number of nitrogens with one attached hydrogen (secondary N) is 2. The van der Waals surface area contributed by atoms with Crippen molar-refractivity contribution in [2.24, 2.45) is 11.8 Å². The lowest BCUT2D eigenvalue weighted by atomic mass is 9.79. The zero-order valence-corrected chi connectivity index (χ0v) is 18.5. The summed E-state index contributed by atoms with van der Waals surface area (Å²) in [4.78, 5) is 41.1. The van der Waals surface area contributed by atoms with Gasteiger partial charge in [0.25, 0.3) is 0 Å². The number of hydrogen-bond acceptors (Lipinski definition) is 8. The van der Waals surface area contributed by atoms with Gasteiger partial charge in [-0.1, -0.05) is 6.92 Å². The van der Waals surface area contributed by atoms with Crippen LogP contribution in [0.15, 0.2) is 10.6 Å². The minimum atomic E-state index is -1.14. The third-order valence-electron chi connectivity index (χ3n) is 6.78. The molecule has 2 amide bonds. The monoisotopic (exact) mass is 454 g/mol. The summed E-state index contributed by atoms with van der Waals surface area (Å²) in [6.45, 7) is 5.72. The molecule has 0 bridgehead atoms. The Balaban J connectivity index is 1.43. The van der Waals surface area contributed by atoms with Gasteiger partial charge in [0.05, 0.1) is 30.7 Å². The minimum Gasteiger partial charge on any atom is -0.477 e. The van der Waals surface area contributed by atoms with E-state index in [0.717, 1.165) is 0 Å². The Morgan fingerprint density at radius 2 is 2.06 bits per heavy atom. The second-order valence-corrected chi connectivity index (χ2v) is 10.2. The lowest BCUT2D eigenvalue weighted by Crippen LogP contribution is -2.63. The molecule has 3 saturated heterocycles. The molecule has 11 heteroatoms. The average molecular weight is 455 g/mol. The maximum Gasteiger partial charge on any atom is 0.353 e. The largest absolute Gasteiger partial charge is 0.477 e. The lowest BCUT2D eigenvalue weighted by molar-refractivity contribution is -0.163. The Morgan fingerprint density at radius 3 is 2.71 bits per heavy atom. The number of aliphatic hydroxyl groups is 2. The molecule has 0 aliphatic carbocycles. The second-order valence-electron chi connectivity index (χ2n) is 8.83. The fourth-order valence-electron chi connectivity index (χ4n) is 5.21. The van der Waals surface area contributed by atoms with E-state index in [9.17, 15) is 29.7 Å². The molecule has 4 rings (SSSR count). The van der Waals surface area contributed by atoms with Gasteiger partial charge < -0.3 is 35.8 Å². The highest BCUT2D eigenvalue weighted by atomic mass is 32.2. The van der Waals surface area contributed by atoms with Gasteiger partial charge in [0.2, 0.25) is 11.8 Å². The van der Waals surface area contributed by atoms with Crippen LogP contribution >= 0.6 is 11.8 Å². The molecule has 0 aromatic heterocycles. The van der Waals surface area contributed by atoms with Crippen LogP contribution in [-0.4, -0.2) is 105 Å². The van der Waals surface area contributed by atoms with Crippen molar-refractivity contribution < 1.29 is 29.7 Å². The van der Waals surface area contributed by atoms with Gasteiger partial charge in [0, 0.05) is 48.3 Å². The van der Waals surface area contributed by atoms with Crippen molar-refractivity contribution in [3.8, 4) is 0 Å². The molecule has 4 heterocycles. The van der Waals surface area contributed by atoms with E-state index >= 15 is 0 Å². The van der Waals surface area contributed by atoms with Gasteiger partial charge in [-0.05, 0) is 13.3 Å². The SMILES string of the molecule is CC(O)C1C(=O)N2C(C(=O)O)=C(SC3CNC(C(=O)N4CCNC(CO)C4)C3)C(C)[C@@H]12. The molecular weight excluding hydrogens is 424 g/mol. The third-order valence-corrected chi connectivity index (χ3v) is 8.29. The molecule has 4 aliphatic heterocycles. The Hall–Kier alpha value is -1.66. The van der Waals surface area contributed by atoms with E-state index in [1.165, 1.54) is 16.7 Å². The van der Waals surface area contributed by atoms with Crippen LogP contribution in [0.25, 0.3) is 0 Å². The summed E-state index contributed by atoms with van der Waals surface area (Å²) in [6.07, 6.45) is -0.258. The number of carboxylic acid groups (broad SMARTS) is 1. The Labute approximate surface area is 185 Å². The minimum absolute atomic E-state index is 0.00289. The number of rotatable bonds is 6. The number of aliphatic carboxylic acids is 1. The molecule has 3 fully saturated rings. The van der Waals surface area contributed by atoms with Crippen molar-refractivity contribution in [1.82, 2.24) is 20.4 Å². The fraction of sp³-hybridized carbons (Fsp3) is 0.750. The molecule has 4 aliphatic rings. The van der Waals surface area contributed by atoms with Crippen molar-refractivity contribution in [3.63, 3.8) is 0 Å². The average Bonchev–Trinajstić information content (AvgIpc) is 3.29. The fourth-order valence-corrected chi connectivity index (χ4v) is 6.69. The van der Waals surface area contributed by atoms with Crippen molar-refractivity contribution in [2.75, 3.05) is 32.8 Å². The number of carbonyl (C=O) groups is 3. The molecule has 10 nitrogen and oxygen atoms in total. The van der Waals surface area contributed by atoms with E-state index < -0.39 is 18.0 Å². The van der Waals surface area contributed by atoms with Crippen LogP contribution in [0, 0.1) is 11.8 Å². The Kier molecular flexibility index (Phi) is 6.32. The first-order valence-electron chi connectivity index (χ1n) is 10.8. The number of amides is 2. The summed E-state index contributed by atoms with van der Waals surface area (Å²) in [7, 11) is 0. The zero-order valence-electron chi connectivity index (χ0n) is 17.7. The van der Waals surface area contributed by atoms with Crippen LogP contribution in [0.1, 0.15) is 20.3 Å². The number of β-lactam (4-membered cyclic amide) rings is 1. The van der Waals surface area contributed by atoms with Gasteiger partial charge in [0.15, 0.2) is 0 Å². The molecule has 6 unspecified atom stereocenters. The first kappa shape index (κ1) is 22.5. The highest BCUT2D eigenvalue weighted by Crippen LogP contribution is 2.51. The van der Waals surface area contributed by atoms with E-state index in [4.69, 9.17) is 0 Å². The number of carboxylic acids is 1. The van der Waals surface area contributed by atoms with Crippen LogP contribution in [0.3, 0.4) is 0 Å². The van der Waals surface area contributed by atoms with Crippen molar-refractivity contribution >= 4 is 29.5 Å². The summed E-state index contributed by atoms with van der Waals surface area (Å²) in [6, 6.07) is -0.788. The van der Waals surface area contributed by atoms with Crippen LogP contribution in [0.2, 0.25) is 0 Å². The van der Waals surface area contributed by atoms with E-state index in [1.807, 2.05) is 6.92 Å². The van der Waals surface area contributed by atoms with E-state index in [-0.39, 0.29) is 53.4 Å². The highest BCUT2D eigenvalue weighted by Gasteiger charge is 2.60. The molecular formula is C20H30N4O6S. The van der Waals surface area contributed by atoms with Gasteiger partial charge in [-0.15, -0.1) is 11.8 Å². The predicted octanol–water partition coefficient (Wildman–Crippen LogP) is -1.60. The van der Waals surface area contributed by atoms with Crippen molar-refractivity contribution in [1.29, 1.82) is 0 Å². The van der Waals surface area contributed by atoms with Crippen molar-refractivity contribution in [3.05, 3.63) is 10.6 Å². The molecule has 31 heavy (non-hydrogen) atoms. The standard InChI is InChI=1S/C20H30N4O6S/c1-9-15-14(10(2)26)19(28)24(15)16(20(29)30)17(9)31-12-5-13(22-6-12)18(27)23-4-3-21-11(7-23)8-25/h9-15,21-22,25-26H,3-8H2,1-2H3,(H,29,30)/t9?,10?,11?,12?,13?,14?,15-/m0/s1. The number of hydrogen-bond donors (Lipinski definition) is 5. The summed E-state index contributed by atoms with van der Waals surface area (Å²) in [5.41, 5.74) is 0.0204. The van der Waals surface area contributed by atoms with Gasteiger partial charge in [0.1, 0.15) is 5.70 Å². The number of fused-ring (bicyclic) bond motifs is 1. The quantitative estimate of drug-likeness (QED) is 0.300. The summed E-state index contributed by atoms with van der Waals surface area (Å²) in [5.74, 6) is -2.23. The first-order chi connectivity index (χ1) is 14.7.